The van der Waals surface area contributed by atoms with Crippen molar-refractivity contribution in [3.05, 3.63) is 70.2 Å². The minimum Gasteiger partial charge on any atom is -0.336 e. The molecule has 1 heterocycles. The summed E-state index contributed by atoms with van der Waals surface area (Å²) in [6, 6.07) is 14.9. The Labute approximate surface area is 153 Å². The molecule has 3 rings (SSSR count). The molecule has 1 amide bonds. The first-order valence-corrected chi connectivity index (χ1v) is 8.79. The van der Waals surface area contributed by atoms with Crippen LogP contribution in [0.3, 0.4) is 0 Å². The normalized spacial score (nSPS) is 15.2. The number of Topliss-reactive ketones (excluding diaryl/α,β-unsaturated/α-hetero) is 1. The van der Waals surface area contributed by atoms with Gasteiger partial charge in [-0.2, -0.15) is 0 Å². The number of benzene rings is 2. The molecule has 1 aliphatic heterocycles. The van der Waals surface area contributed by atoms with Crippen LogP contribution in [-0.4, -0.2) is 47.7 Å². The highest BCUT2D eigenvalue weighted by atomic mass is 35.5. The second-order valence-electron chi connectivity index (χ2n) is 6.26. The fraction of sp³-hybridized carbons (Fsp3) is 0.300. The third kappa shape index (κ3) is 4.09. The first-order chi connectivity index (χ1) is 12.1. The minimum absolute atomic E-state index is 0.0665. The van der Waals surface area contributed by atoms with Crippen molar-refractivity contribution < 1.29 is 9.59 Å². The Balaban J connectivity index is 1.64. The van der Waals surface area contributed by atoms with Crippen molar-refractivity contribution in [1.29, 1.82) is 0 Å². The van der Waals surface area contributed by atoms with Crippen molar-refractivity contribution in [2.45, 2.75) is 13.5 Å². The maximum atomic E-state index is 12.8. The van der Waals surface area contributed by atoms with E-state index in [1.807, 2.05) is 29.2 Å². The molecular formula is C20H21ClN2O2. The third-order valence-electron chi connectivity index (χ3n) is 4.55. The van der Waals surface area contributed by atoms with Gasteiger partial charge < -0.3 is 4.90 Å². The summed E-state index contributed by atoms with van der Waals surface area (Å²) in [4.78, 5) is 28.6. The molecule has 1 fully saturated rings. The lowest BCUT2D eigenvalue weighted by molar-refractivity contribution is 0.0625. The average Bonchev–Trinajstić information content (AvgIpc) is 2.63. The van der Waals surface area contributed by atoms with Gasteiger partial charge in [0.25, 0.3) is 5.91 Å². The Bertz CT molecular complexity index is 783. The highest BCUT2D eigenvalue weighted by Gasteiger charge is 2.24. The topological polar surface area (TPSA) is 40.6 Å². The van der Waals surface area contributed by atoms with Crippen molar-refractivity contribution in [3.63, 3.8) is 0 Å². The number of rotatable bonds is 4. The zero-order chi connectivity index (χ0) is 17.8. The lowest BCUT2D eigenvalue weighted by Gasteiger charge is -2.35. The lowest BCUT2D eigenvalue weighted by atomic mass is 10.0. The van der Waals surface area contributed by atoms with Gasteiger partial charge in [-0.1, -0.05) is 48.0 Å². The van der Waals surface area contributed by atoms with Crippen molar-refractivity contribution in [1.82, 2.24) is 9.80 Å². The molecule has 1 saturated heterocycles. The van der Waals surface area contributed by atoms with Crippen LogP contribution in [-0.2, 0) is 6.54 Å². The monoisotopic (exact) mass is 356 g/mol. The second-order valence-corrected chi connectivity index (χ2v) is 6.67. The van der Waals surface area contributed by atoms with Gasteiger partial charge in [-0.3, -0.25) is 14.5 Å². The molecule has 2 aromatic carbocycles. The number of amides is 1. The van der Waals surface area contributed by atoms with E-state index in [9.17, 15) is 9.59 Å². The van der Waals surface area contributed by atoms with Crippen molar-refractivity contribution in [2.75, 3.05) is 26.2 Å². The van der Waals surface area contributed by atoms with Crippen LogP contribution in [0.4, 0.5) is 0 Å². The van der Waals surface area contributed by atoms with Crippen molar-refractivity contribution in [3.8, 4) is 0 Å². The molecule has 0 aromatic heterocycles. The van der Waals surface area contributed by atoms with Gasteiger partial charge in [0.15, 0.2) is 5.78 Å². The molecule has 2 aromatic rings. The number of piperazine rings is 1. The molecule has 1 aliphatic rings. The quantitative estimate of drug-likeness (QED) is 0.787. The van der Waals surface area contributed by atoms with Gasteiger partial charge in [0.05, 0.1) is 5.56 Å². The number of carbonyl (C=O) groups excluding carboxylic acids is 2. The van der Waals surface area contributed by atoms with Gasteiger partial charge in [-0.15, -0.1) is 0 Å². The predicted octanol–water partition coefficient (Wildman–Crippen LogP) is 3.50. The van der Waals surface area contributed by atoms with Gasteiger partial charge in [0, 0.05) is 43.3 Å². The maximum Gasteiger partial charge on any atom is 0.254 e. The number of hydrogen-bond acceptors (Lipinski definition) is 3. The summed E-state index contributed by atoms with van der Waals surface area (Å²) >= 11 is 6.23. The lowest BCUT2D eigenvalue weighted by Crippen LogP contribution is -2.48. The number of nitrogens with zero attached hydrogens (tertiary/aromatic N) is 2. The second kappa shape index (κ2) is 7.81. The molecular weight excluding hydrogens is 336 g/mol. The Morgan fingerprint density at radius 1 is 0.920 bits per heavy atom. The molecule has 0 aliphatic carbocycles. The van der Waals surface area contributed by atoms with Gasteiger partial charge in [0.2, 0.25) is 0 Å². The van der Waals surface area contributed by atoms with Crippen LogP contribution < -0.4 is 0 Å². The Morgan fingerprint density at radius 3 is 2.16 bits per heavy atom. The number of halogens is 1. The number of carbonyl (C=O) groups is 2. The summed E-state index contributed by atoms with van der Waals surface area (Å²) < 4.78 is 0. The molecule has 0 bridgehead atoms. The van der Waals surface area contributed by atoms with Crippen molar-refractivity contribution >= 4 is 23.3 Å². The van der Waals surface area contributed by atoms with E-state index in [4.69, 9.17) is 11.6 Å². The van der Waals surface area contributed by atoms with Crippen LogP contribution in [0.2, 0.25) is 5.02 Å². The average molecular weight is 357 g/mol. The molecule has 25 heavy (non-hydrogen) atoms. The van der Waals surface area contributed by atoms with E-state index < -0.39 is 0 Å². The van der Waals surface area contributed by atoms with Crippen LogP contribution in [0.5, 0.6) is 0 Å². The highest BCUT2D eigenvalue weighted by Crippen LogP contribution is 2.19. The zero-order valence-electron chi connectivity index (χ0n) is 14.2. The number of hydrogen-bond donors (Lipinski definition) is 0. The van der Waals surface area contributed by atoms with Gasteiger partial charge >= 0.3 is 0 Å². The highest BCUT2D eigenvalue weighted by molar-refractivity contribution is 6.31. The zero-order valence-corrected chi connectivity index (χ0v) is 15.0. The largest absolute Gasteiger partial charge is 0.336 e. The first kappa shape index (κ1) is 17.6. The van der Waals surface area contributed by atoms with Crippen LogP contribution >= 0.6 is 11.6 Å². The fourth-order valence-electron chi connectivity index (χ4n) is 3.12. The van der Waals surface area contributed by atoms with E-state index in [0.717, 1.165) is 30.2 Å². The third-order valence-corrected chi connectivity index (χ3v) is 4.92. The fourth-order valence-corrected chi connectivity index (χ4v) is 3.32. The van der Waals surface area contributed by atoms with Gasteiger partial charge in [-0.05, 0) is 24.6 Å². The first-order valence-electron chi connectivity index (χ1n) is 8.41. The molecule has 5 heteroatoms. The van der Waals surface area contributed by atoms with E-state index in [2.05, 4.69) is 4.90 Å². The summed E-state index contributed by atoms with van der Waals surface area (Å²) in [7, 11) is 0. The van der Waals surface area contributed by atoms with E-state index >= 15 is 0 Å². The molecule has 4 nitrogen and oxygen atoms in total. The minimum atomic E-state index is -0.0821. The summed E-state index contributed by atoms with van der Waals surface area (Å²) in [6.07, 6.45) is 0. The standard InChI is InChI=1S/C20H21ClN2O2/c1-15(24)17-7-3-4-8-18(17)20(25)23-12-10-22(11-13-23)14-16-6-2-5-9-19(16)21/h2-9H,10-14H2,1H3. The summed E-state index contributed by atoms with van der Waals surface area (Å²) in [5.74, 6) is -0.149. The Hall–Kier alpha value is -2.17. The van der Waals surface area contributed by atoms with E-state index in [0.29, 0.717) is 24.2 Å². The van der Waals surface area contributed by atoms with Crippen molar-refractivity contribution in [2.24, 2.45) is 0 Å². The van der Waals surface area contributed by atoms with Gasteiger partial charge in [-0.25, -0.2) is 0 Å². The van der Waals surface area contributed by atoms with E-state index in [1.165, 1.54) is 6.92 Å². The SMILES string of the molecule is CC(=O)c1ccccc1C(=O)N1CCN(Cc2ccccc2Cl)CC1. The smallest absolute Gasteiger partial charge is 0.254 e. The molecule has 0 radical (unpaired) electrons. The van der Waals surface area contributed by atoms with Crippen LogP contribution in [0.15, 0.2) is 48.5 Å². The summed E-state index contributed by atoms with van der Waals surface area (Å²) in [5, 5.41) is 0.774. The molecule has 0 spiro atoms. The summed E-state index contributed by atoms with van der Waals surface area (Å²) in [6.45, 7) is 5.16. The Kier molecular flexibility index (Phi) is 5.51. The molecule has 0 unspecified atom stereocenters. The van der Waals surface area contributed by atoms with Gasteiger partial charge in [0.1, 0.15) is 0 Å². The molecule has 0 atom stereocenters. The molecule has 0 N–H and O–H groups in total. The Morgan fingerprint density at radius 2 is 1.52 bits per heavy atom. The number of ketones is 1. The van der Waals surface area contributed by atoms with Crippen LogP contribution in [0, 0.1) is 0 Å². The summed E-state index contributed by atoms with van der Waals surface area (Å²) in [5.41, 5.74) is 2.09. The predicted molar refractivity (Wildman–Crippen MR) is 99.1 cm³/mol. The molecule has 0 saturated carbocycles. The maximum absolute atomic E-state index is 12.8. The van der Waals surface area contributed by atoms with E-state index in [-0.39, 0.29) is 11.7 Å². The van der Waals surface area contributed by atoms with Crippen LogP contribution in [0.25, 0.3) is 0 Å². The molecule has 130 valence electrons. The van der Waals surface area contributed by atoms with E-state index in [1.54, 1.807) is 24.3 Å². The van der Waals surface area contributed by atoms with Crippen LogP contribution in [0.1, 0.15) is 33.2 Å².